The highest BCUT2D eigenvalue weighted by molar-refractivity contribution is 9.12. The van der Waals surface area contributed by atoms with Crippen LogP contribution in [-0.2, 0) is 0 Å². The van der Waals surface area contributed by atoms with Crippen molar-refractivity contribution in [3.63, 3.8) is 0 Å². The maximum absolute atomic E-state index is 13.3. The number of benzene rings is 1. The molecule has 1 aliphatic heterocycles. The second-order valence-corrected chi connectivity index (χ2v) is 5.12. The van der Waals surface area contributed by atoms with Gasteiger partial charge in [-0.05, 0) is 40.2 Å². The molecule has 2 rings (SSSR count). The Balaban J connectivity index is 2.51. The number of nitrogens with zero attached hydrogens (tertiary/aromatic N) is 1. The number of halogens is 6. The fourth-order valence-corrected chi connectivity index (χ4v) is 2.26. The van der Waals surface area contributed by atoms with Crippen molar-refractivity contribution >= 4 is 21.6 Å². The number of alkyl halides is 2. The van der Waals surface area contributed by atoms with Gasteiger partial charge in [-0.3, -0.25) is 0 Å². The van der Waals surface area contributed by atoms with Crippen LogP contribution in [0.3, 0.4) is 0 Å². The second-order valence-electron chi connectivity index (χ2n) is 4.27. The van der Waals surface area contributed by atoms with Crippen molar-refractivity contribution in [1.82, 2.24) is 4.90 Å². The summed E-state index contributed by atoms with van der Waals surface area (Å²) < 4.78 is 65.4. The Kier molecular flexibility index (Phi) is 4.51. The van der Waals surface area contributed by atoms with Gasteiger partial charge in [0.1, 0.15) is 0 Å². The van der Waals surface area contributed by atoms with E-state index in [0.29, 0.717) is 4.48 Å². The van der Waals surface area contributed by atoms with E-state index in [1.54, 1.807) is 0 Å². The van der Waals surface area contributed by atoms with Gasteiger partial charge in [0.05, 0.1) is 6.54 Å². The van der Waals surface area contributed by atoms with Gasteiger partial charge in [0.15, 0.2) is 17.5 Å². The molecule has 0 saturated carbocycles. The zero-order valence-electron chi connectivity index (χ0n) is 10.5. The fourth-order valence-electron chi connectivity index (χ4n) is 1.91. The van der Waals surface area contributed by atoms with E-state index in [2.05, 4.69) is 22.5 Å². The van der Waals surface area contributed by atoms with E-state index in [-0.39, 0.29) is 17.0 Å². The van der Waals surface area contributed by atoms with Gasteiger partial charge in [0.25, 0.3) is 6.43 Å². The fraction of sp³-hybridized carbons (Fsp3) is 0.143. The molecule has 1 aliphatic rings. The Bertz CT molecular complexity index is 628. The van der Waals surface area contributed by atoms with Crippen LogP contribution in [0.1, 0.15) is 5.56 Å². The predicted octanol–water partition coefficient (Wildman–Crippen LogP) is 4.82. The van der Waals surface area contributed by atoms with Gasteiger partial charge >= 0.3 is 0 Å². The highest BCUT2D eigenvalue weighted by Gasteiger charge is 2.24. The summed E-state index contributed by atoms with van der Waals surface area (Å²) in [4.78, 5) is 1.11. The topological polar surface area (TPSA) is 3.24 Å². The SMILES string of the molecule is C=C1C(Br)=CC=C(c2cc(F)c(F)c(F)c2)N1CC(F)F. The Morgan fingerprint density at radius 2 is 1.67 bits per heavy atom. The van der Waals surface area contributed by atoms with Crippen LogP contribution in [-0.4, -0.2) is 17.9 Å². The third-order valence-electron chi connectivity index (χ3n) is 2.88. The van der Waals surface area contributed by atoms with Crippen molar-refractivity contribution in [1.29, 1.82) is 0 Å². The van der Waals surface area contributed by atoms with Crippen molar-refractivity contribution in [2.24, 2.45) is 0 Å². The molecule has 1 heterocycles. The summed E-state index contributed by atoms with van der Waals surface area (Å²) in [5.74, 6) is -4.38. The van der Waals surface area contributed by atoms with E-state index in [4.69, 9.17) is 0 Å². The van der Waals surface area contributed by atoms with E-state index in [0.717, 1.165) is 17.0 Å². The first-order chi connectivity index (χ1) is 9.81. The van der Waals surface area contributed by atoms with Crippen molar-refractivity contribution in [2.45, 2.75) is 6.43 Å². The van der Waals surface area contributed by atoms with Crippen LogP contribution in [0.5, 0.6) is 0 Å². The minimum atomic E-state index is -2.68. The summed E-state index contributed by atoms with van der Waals surface area (Å²) >= 11 is 3.15. The van der Waals surface area contributed by atoms with E-state index in [9.17, 15) is 22.0 Å². The molecule has 0 radical (unpaired) electrons. The summed E-state index contributed by atoms with van der Waals surface area (Å²) in [6.45, 7) is 2.94. The quantitative estimate of drug-likeness (QED) is 0.548. The maximum atomic E-state index is 13.3. The average molecular weight is 366 g/mol. The molecule has 112 valence electrons. The Morgan fingerprint density at radius 3 is 2.19 bits per heavy atom. The lowest BCUT2D eigenvalue weighted by molar-refractivity contribution is 0.123. The molecular formula is C14H9BrF5N. The third kappa shape index (κ3) is 3.18. The van der Waals surface area contributed by atoms with E-state index in [1.165, 1.54) is 12.2 Å². The minimum Gasteiger partial charge on any atom is -0.335 e. The molecule has 0 bridgehead atoms. The van der Waals surface area contributed by atoms with Gasteiger partial charge in [-0.15, -0.1) is 0 Å². The molecular weight excluding hydrogens is 357 g/mol. The first-order valence-electron chi connectivity index (χ1n) is 5.78. The largest absolute Gasteiger partial charge is 0.335 e. The third-order valence-corrected chi connectivity index (χ3v) is 3.60. The summed E-state index contributed by atoms with van der Waals surface area (Å²) in [6, 6.07) is 1.51. The van der Waals surface area contributed by atoms with Gasteiger partial charge in [0.2, 0.25) is 0 Å². The molecule has 0 atom stereocenters. The molecule has 0 aliphatic carbocycles. The Hall–Kier alpha value is -1.63. The summed E-state index contributed by atoms with van der Waals surface area (Å²) in [5, 5.41) is 0. The number of hydrogen-bond donors (Lipinski definition) is 0. The van der Waals surface area contributed by atoms with Gasteiger partial charge < -0.3 is 4.90 Å². The van der Waals surface area contributed by atoms with Gasteiger partial charge in [0, 0.05) is 21.4 Å². The van der Waals surface area contributed by atoms with Crippen molar-refractivity contribution < 1.29 is 22.0 Å². The minimum absolute atomic E-state index is 0.0514. The standard InChI is InChI=1S/C14H9BrF5N/c1-7-9(15)2-3-12(21(7)6-13(18)19)8-4-10(16)14(20)11(17)5-8/h2-5,13H,1,6H2. The average Bonchev–Trinajstić information content (AvgIpc) is 2.40. The highest BCUT2D eigenvalue weighted by atomic mass is 79.9. The molecule has 0 unspecified atom stereocenters. The van der Waals surface area contributed by atoms with Crippen LogP contribution in [0.2, 0.25) is 0 Å². The van der Waals surface area contributed by atoms with E-state index in [1.807, 2.05) is 0 Å². The first-order valence-corrected chi connectivity index (χ1v) is 6.58. The van der Waals surface area contributed by atoms with Crippen molar-refractivity contribution in [2.75, 3.05) is 6.54 Å². The van der Waals surface area contributed by atoms with Gasteiger partial charge in [-0.25, -0.2) is 22.0 Å². The molecule has 0 N–H and O–H groups in total. The smallest absolute Gasteiger partial charge is 0.256 e. The summed E-state index contributed by atoms with van der Waals surface area (Å²) in [5.41, 5.74) is 0.281. The van der Waals surface area contributed by atoms with Crippen LogP contribution in [0, 0.1) is 17.5 Å². The molecule has 1 aromatic carbocycles. The lowest BCUT2D eigenvalue weighted by Gasteiger charge is -2.31. The molecule has 0 fully saturated rings. The second kappa shape index (κ2) is 6.01. The molecule has 1 nitrogen and oxygen atoms in total. The van der Waals surface area contributed by atoms with Crippen LogP contribution in [0.4, 0.5) is 22.0 Å². The van der Waals surface area contributed by atoms with Gasteiger partial charge in [-0.1, -0.05) is 6.58 Å². The molecule has 0 spiro atoms. The Labute approximate surface area is 126 Å². The van der Waals surface area contributed by atoms with E-state index < -0.39 is 30.4 Å². The molecule has 21 heavy (non-hydrogen) atoms. The summed E-state index contributed by atoms with van der Waals surface area (Å²) in [7, 11) is 0. The zero-order valence-corrected chi connectivity index (χ0v) is 12.1. The monoisotopic (exact) mass is 365 g/mol. The predicted molar refractivity (Wildman–Crippen MR) is 73.2 cm³/mol. The summed E-state index contributed by atoms with van der Waals surface area (Å²) in [6.07, 6.45) is 0.227. The first kappa shape index (κ1) is 15.8. The number of allylic oxidation sites excluding steroid dienone is 3. The van der Waals surface area contributed by atoms with Crippen LogP contribution < -0.4 is 0 Å². The normalized spacial score (nSPS) is 15.4. The van der Waals surface area contributed by atoms with Crippen molar-refractivity contribution in [3.05, 3.63) is 64.1 Å². The maximum Gasteiger partial charge on any atom is 0.256 e. The van der Waals surface area contributed by atoms with Crippen LogP contribution >= 0.6 is 15.9 Å². The van der Waals surface area contributed by atoms with Crippen LogP contribution in [0.15, 0.2) is 41.0 Å². The molecule has 1 aromatic rings. The molecule has 0 amide bonds. The molecule has 0 saturated heterocycles. The lowest BCUT2D eigenvalue weighted by Crippen LogP contribution is -2.28. The zero-order chi connectivity index (χ0) is 15.7. The Morgan fingerprint density at radius 1 is 1.10 bits per heavy atom. The molecule has 0 aromatic heterocycles. The van der Waals surface area contributed by atoms with Crippen molar-refractivity contribution in [3.8, 4) is 0 Å². The molecule has 7 heteroatoms. The number of hydrogen-bond acceptors (Lipinski definition) is 1. The van der Waals surface area contributed by atoms with Crippen LogP contribution in [0.25, 0.3) is 5.70 Å². The lowest BCUT2D eigenvalue weighted by atomic mass is 10.1. The van der Waals surface area contributed by atoms with E-state index >= 15 is 0 Å². The van der Waals surface area contributed by atoms with Gasteiger partial charge in [-0.2, -0.15) is 0 Å². The highest BCUT2D eigenvalue weighted by Crippen LogP contribution is 2.34. The number of rotatable bonds is 3.